The van der Waals surface area contributed by atoms with E-state index in [1.807, 2.05) is 24.3 Å². The number of hydrogen-bond donors (Lipinski definition) is 3. The number of pyridine rings is 1. The zero-order valence-corrected chi connectivity index (χ0v) is 18.9. The topological polar surface area (TPSA) is 107 Å². The van der Waals surface area contributed by atoms with Gasteiger partial charge in [-0.3, -0.25) is 9.69 Å². The maximum Gasteiger partial charge on any atom is 0.254 e. The second-order valence-electron chi connectivity index (χ2n) is 8.88. The van der Waals surface area contributed by atoms with Gasteiger partial charge in [-0.25, -0.2) is 4.98 Å². The second-order valence-corrected chi connectivity index (χ2v) is 9.32. The van der Waals surface area contributed by atoms with Gasteiger partial charge in [0.2, 0.25) is 0 Å². The average Bonchev–Trinajstić information content (AvgIpc) is 2.80. The molecule has 7 nitrogen and oxygen atoms in total. The summed E-state index contributed by atoms with van der Waals surface area (Å²) in [6.45, 7) is 3.18. The van der Waals surface area contributed by atoms with E-state index in [1.165, 1.54) is 0 Å². The molecule has 2 fully saturated rings. The van der Waals surface area contributed by atoms with Crippen LogP contribution in [0.15, 0.2) is 42.6 Å². The van der Waals surface area contributed by atoms with Crippen molar-refractivity contribution in [1.82, 2.24) is 14.8 Å². The van der Waals surface area contributed by atoms with Crippen LogP contribution >= 0.6 is 11.6 Å². The van der Waals surface area contributed by atoms with E-state index in [-0.39, 0.29) is 11.8 Å². The van der Waals surface area contributed by atoms with Crippen molar-refractivity contribution >= 4 is 29.0 Å². The summed E-state index contributed by atoms with van der Waals surface area (Å²) in [4.78, 5) is 21.2. The Morgan fingerprint density at radius 1 is 1.16 bits per heavy atom. The van der Waals surface area contributed by atoms with E-state index in [0.29, 0.717) is 55.6 Å². The van der Waals surface area contributed by atoms with E-state index in [0.717, 1.165) is 30.5 Å². The lowest BCUT2D eigenvalue weighted by molar-refractivity contribution is -0.157. The van der Waals surface area contributed by atoms with E-state index in [1.54, 1.807) is 23.2 Å². The Labute approximate surface area is 193 Å². The first kappa shape index (κ1) is 22.7. The number of hydrogen-bond acceptors (Lipinski definition) is 6. The summed E-state index contributed by atoms with van der Waals surface area (Å²) in [6.07, 6.45) is 4.02. The van der Waals surface area contributed by atoms with Crippen molar-refractivity contribution in [2.75, 3.05) is 31.9 Å². The van der Waals surface area contributed by atoms with E-state index in [9.17, 15) is 9.90 Å². The van der Waals surface area contributed by atoms with E-state index >= 15 is 0 Å². The summed E-state index contributed by atoms with van der Waals surface area (Å²) in [6, 6.07) is 11.1. The van der Waals surface area contributed by atoms with Crippen molar-refractivity contribution in [3.63, 3.8) is 0 Å². The number of nitrogen functional groups attached to an aromatic ring is 1. The first-order chi connectivity index (χ1) is 15.3. The van der Waals surface area contributed by atoms with E-state index in [2.05, 4.69) is 9.88 Å². The zero-order chi connectivity index (χ0) is 22.7. The highest BCUT2D eigenvalue weighted by atomic mass is 35.5. The number of anilines is 1. The Morgan fingerprint density at radius 2 is 1.81 bits per heavy atom. The molecule has 3 heterocycles. The molecule has 1 aromatic heterocycles. The number of piperidine rings is 2. The molecule has 1 aromatic carbocycles. The zero-order valence-electron chi connectivity index (χ0n) is 18.1. The van der Waals surface area contributed by atoms with Crippen molar-refractivity contribution in [3.8, 4) is 0 Å². The summed E-state index contributed by atoms with van der Waals surface area (Å²) in [5.74, 6) is 0.449. The number of nitrogens with two attached hydrogens (primary N) is 1. The van der Waals surface area contributed by atoms with Crippen LogP contribution in [0.1, 0.15) is 36.8 Å². The largest absolute Gasteiger partial charge is 0.384 e. The lowest BCUT2D eigenvalue weighted by Crippen LogP contribution is -2.56. The minimum Gasteiger partial charge on any atom is -0.384 e. The Kier molecular flexibility index (Phi) is 6.79. The molecule has 0 spiro atoms. The molecule has 2 aromatic rings. The average molecular weight is 456 g/mol. The standard InChI is InChI=1S/C24H30ClN5O2/c25-20-3-1-18(2-4-20)22(27)19-6-11-30(12-7-19)23(31)24(32)8-13-29(14-9-24)16-17-5-10-28-21(26)15-17/h1-5,10,15,19,27,32H,6-9,11-14,16H2,(H2,26,28). The van der Waals surface area contributed by atoms with Crippen LogP contribution < -0.4 is 5.73 Å². The lowest BCUT2D eigenvalue weighted by Gasteiger charge is -2.41. The SMILES string of the molecule is N=C(c1ccc(Cl)cc1)C1CCN(C(=O)C2(O)CCN(Cc3ccnc(N)c3)CC2)CC1. The van der Waals surface area contributed by atoms with Crippen LogP contribution in [0.3, 0.4) is 0 Å². The molecule has 170 valence electrons. The third kappa shape index (κ3) is 5.11. The molecule has 0 saturated carbocycles. The van der Waals surface area contributed by atoms with Crippen LogP contribution in [0.25, 0.3) is 0 Å². The summed E-state index contributed by atoms with van der Waals surface area (Å²) in [5.41, 5.74) is 7.01. The molecule has 0 aliphatic carbocycles. The van der Waals surface area contributed by atoms with Crippen molar-refractivity contribution in [3.05, 3.63) is 58.7 Å². The number of carbonyl (C=O) groups excluding carboxylic acids is 1. The predicted octanol–water partition coefficient (Wildman–Crippen LogP) is 2.95. The summed E-state index contributed by atoms with van der Waals surface area (Å²) >= 11 is 5.95. The van der Waals surface area contributed by atoms with E-state index in [4.69, 9.17) is 22.7 Å². The fraction of sp³-hybridized carbons (Fsp3) is 0.458. The molecule has 32 heavy (non-hydrogen) atoms. The molecule has 0 unspecified atom stereocenters. The number of carbonyl (C=O) groups is 1. The number of rotatable bonds is 5. The fourth-order valence-corrected chi connectivity index (χ4v) is 4.80. The normalized spacial score (nSPS) is 19.6. The van der Waals surface area contributed by atoms with Gasteiger partial charge in [0.25, 0.3) is 5.91 Å². The molecule has 2 aliphatic heterocycles. The van der Waals surface area contributed by atoms with Gasteiger partial charge in [0.15, 0.2) is 0 Å². The number of halogens is 1. The first-order valence-corrected chi connectivity index (χ1v) is 11.5. The molecule has 0 bridgehead atoms. The molecule has 0 atom stereocenters. The molecule has 2 aliphatic rings. The third-order valence-corrected chi connectivity index (χ3v) is 6.93. The number of nitrogens with one attached hydrogen (secondary N) is 1. The van der Waals surface area contributed by atoms with Crippen molar-refractivity contribution in [1.29, 1.82) is 5.41 Å². The van der Waals surface area contributed by atoms with Crippen LogP contribution in [-0.2, 0) is 11.3 Å². The van der Waals surface area contributed by atoms with Crippen molar-refractivity contribution in [2.24, 2.45) is 5.92 Å². The maximum absolute atomic E-state index is 13.1. The number of benzene rings is 1. The fourth-order valence-electron chi connectivity index (χ4n) is 4.68. The molecule has 8 heteroatoms. The summed E-state index contributed by atoms with van der Waals surface area (Å²) < 4.78 is 0. The van der Waals surface area contributed by atoms with Gasteiger partial charge in [-0.15, -0.1) is 0 Å². The molecule has 4 rings (SSSR count). The quantitative estimate of drug-likeness (QED) is 0.601. The number of aliphatic hydroxyl groups is 1. The van der Waals surface area contributed by atoms with Crippen molar-refractivity contribution in [2.45, 2.75) is 37.8 Å². The smallest absolute Gasteiger partial charge is 0.254 e. The molecular weight excluding hydrogens is 426 g/mol. The minimum absolute atomic E-state index is 0.115. The van der Waals surface area contributed by atoms with Crippen LogP contribution in [-0.4, -0.2) is 63.3 Å². The van der Waals surface area contributed by atoms with Gasteiger partial charge in [0, 0.05) is 55.6 Å². The molecule has 4 N–H and O–H groups in total. The van der Waals surface area contributed by atoms with Crippen LogP contribution in [0.2, 0.25) is 5.02 Å². The van der Waals surface area contributed by atoms with Crippen LogP contribution in [0.4, 0.5) is 5.82 Å². The van der Waals surface area contributed by atoms with Gasteiger partial charge in [0.1, 0.15) is 11.4 Å². The number of amides is 1. The number of nitrogens with zero attached hydrogens (tertiary/aromatic N) is 3. The van der Waals surface area contributed by atoms with Gasteiger partial charge in [-0.1, -0.05) is 23.7 Å². The first-order valence-electron chi connectivity index (χ1n) is 11.1. The van der Waals surface area contributed by atoms with Crippen molar-refractivity contribution < 1.29 is 9.90 Å². The van der Waals surface area contributed by atoms with Crippen LogP contribution in [0.5, 0.6) is 0 Å². The third-order valence-electron chi connectivity index (χ3n) is 6.68. The minimum atomic E-state index is -1.30. The monoisotopic (exact) mass is 455 g/mol. The predicted molar refractivity (Wildman–Crippen MR) is 126 cm³/mol. The maximum atomic E-state index is 13.1. The van der Waals surface area contributed by atoms with Gasteiger partial charge in [-0.05, 0) is 61.1 Å². The van der Waals surface area contributed by atoms with Gasteiger partial charge in [0.05, 0.1) is 0 Å². The molecule has 1 amide bonds. The van der Waals surface area contributed by atoms with Gasteiger partial charge >= 0.3 is 0 Å². The molecule has 2 saturated heterocycles. The highest BCUT2D eigenvalue weighted by molar-refractivity contribution is 6.30. The van der Waals surface area contributed by atoms with E-state index < -0.39 is 5.60 Å². The highest BCUT2D eigenvalue weighted by Crippen LogP contribution is 2.29. The lowest BCUT2D eigenvalue weighted by atomic mass is 9.85. The Bertz CT molecular complexity index is 965. The summed E-state index contributed by atoms with van der Waals surface area (Å²) in [5, 5.41) is 20.3. The Hall–Kier alpha value is -2.48. The Morgan fingerprint density at radius 3 is 2.44 bits per heavy atom. The van der Waals surface area contributed by atoms with Gasteiger partial charge in [-0.2, -0.15) is 0 Å². The Balaban J connectivity index is 1.28. The number of likely N-dealkylation sites (tertiary alicyclic amines) is 2. The highest BCUT2D eigenvalue weighted by Gasteiger charge is 2.42. The van der Waals surface area contributed by atoms with Crippen LogP contribution in [0, 0.1) is 11.3 Å². The second kappa shape index (κ2) is 9.57. The number of aromatic nitrogens is 1. The van der Waals surface area contributed by atoms with Gasteiger partial charge < -0.3 is 21.1 Å². The molecule has 0 radical (unpaired) electrons. The summed E-state index contributed by atoms with van der Waals surface area (Å²) in [7, 11) is 0. The molecular formula is C24H30ClN5O2.